The lowest BCUT2D eigenvalue weighted by molar-refractivity contribution is 1.02. The van der Waals surface area contributed by atoms with Gasteiger partial charge in [-0.25, -0.2) is 9.97 Å². The van der Waals surface area contributed by atoms with Crippen molar-refractivity contribution in [2.24, 2.45) is 0 Å². The number of fused-ring (bicyclic) bond motifs is 12. The van der Waals surface area contributed by atoms with Crippen LogP contribution in [0.1, 0.15) is 0 Å². The molecule has 0 spiro atoms. The van der Waals surface area contributed by atoms with Gasteiger partial charge >= 0.3 is 0 Å². The Bertz CT molecular complexity index is 3090. The van der Waals surface area contributed by atoms with E-state index in [-0.39, 0.29) is 0 Å². The molecule has 7 aromatic carbocycles. The Morgan fingerprint density at radius 2 is 1.13 bits per heavy atom. The van der Waals surface area contributed by atoms with E-state index in [1.807, 2.05) is 11.3 Å². The molecule has 5 heteroatoms. The SMILES string of the molecule is c1ccc2cc3c(cc2c1)c1ccc2ccccc2c1n3-c1nc(-c2ccc3sc4ccccc4c3c2)c2sc3ccccc3c2n1. The number of benzene rings is 7. The Morgan fingerprint density at radius 3 is 1.98 bits per heavy atom. The molecule has 0 aliphatic carbocycles. The number of thiophene rings is 2. The maximum Gasteiger partial charge on any atom is 0.235 e. The van der Waals surface area contributed by atoms with Crippen LogP contribution in [0.15, 0.2) is 140 Å². The second-order valence-electron chi connectivity index (χ2n) is 12.2. The molecule has 0 unspecified atom stereocenters. The van der Waals surface area contributed by atoms with Gasteiger partial charge in [0.2, 0.25) is 5.95 Å². The van der Waals surface area contributed by atoms with Crippen molar-refractivity contribution in [3.8, 4) is 17.2 Å². The Kier molecular flexibility index (Phi) is 5.14. The first kappa shape index (κ1) is 25.6. The van der Waals surface area contributed by atoms with Gasteiger partial charge in [-0.05, 0) is 52.6 Å². The van der Waals surface area contributed by atoms with Crippen LogP contribution in [-0.2, 0) is 0 Å². The van der Waals surface area contributed by atoms with E-state index in [9.17, 15) is 0 Å². The highest BCUT2D eigenvalue weighted by Crippen LogP contribution is 2.43. The van der Waals surface area contributed by atoms with Crippen molar-refractivity contribution < 1.29 is 0 Å². The second kappa shape index (κ2) is 9.46. The van der Waals surface area contributed by atoms with Gasteiger partial charge in [0.1, 0.15) is 0 Å². The molecule has 0 saturated carbocycles. The zero-order valence-electron chi connectivity index (χ0n) is 24.9. The third-order valence-electron chi connectivity index (χ3n) is 9.58. The monoisotopic (exact) mass is 633 g/mol. The van der Waals surface area contributed by atoms with Crippen molar-refractivity contribution in [1.82, 2.24) is 14.5 Å². The average molecular weight is 634 g/mol. The van der Waals surface area contributed by atoms with E-state index in [2.05, 4.69) is 144 Å². The van der Waals surface area contributed by atoms with E-state index in [0.717, 1.165) is 37.9 Å². The fourth-order valence-corrected chi connectivity index (χ4v) is 9.66. The van der Waals surface area contributed by atoms with E-state index < -0.39 is 0 Å². The van der Waals surface area contributed by atoms with Crippen molar-refractivity contribution in [3.63, 3.8) is 0 Å². The molecule has 11 aromatic rings. The van der Waals surface area contributed by atoms with E-state index in [1.165, 1.54) is 57.2 Å². The summed E-state index contributed by atoms with van der Waals surface area (Å²) in [6, 6.07) is 50.5. The highest BCUT2D eigenvalue weighted by molar-refractivity contribution is 7.26. The maximum atomic E-state index is 5.53. The Labute approximate surface area is 276 Å². The van der Waals surface area contributed by atoms with Crippen molar-refractivity contribution in [2.75, 3.05) is 0 Å². The fraction of sp³-hybridized carbons (Fsp3) is 0. The lowest BCUT2D eigenvalue weighted by atomic mass is 10.0. The van der Waals surface area contributed by atoms with Crippen LogP contribution in [0.4, 0.5) is 0 Å². The molecule has 0 amide bonds. The van der Waals surface area contributed by atoms with E-state index in [1.54, 1.807) is 11.3 Å². The molecule has 0 fully saturated rings. The van der Waals surface area contributed by atoms with E-state index >= 15 is 0 Å². The number of hydrogen-bond acceptors (Lipinski definition) is 4. The van der Waals surface area contributed by atoms with Crippen molar-refractivity contribution in [3.05, 3.63) is 140 Å². The van der Waals surface area contributed by atoms with Gasteiger partial charge in [-0.2, -0.15) is 0 Å². The second-order valence-corrected chi connectivity index (χ2v) is 14.3. The highest BCUT2D eigenvalue weighted by Gasteiger charge is 2.22. The molecule has 4 heterocycles. The van der Waals surface area contributed by atoms with Crippen LogP contribution in [0, 0.1) is 0 Å². The van der Waals surface area contributed by atoms with Gasteiger partial charge in [-0.3, -0.25) is 4.57 Å². The quantitative estimate of drug-likeness (QED) is 0.190. The van der Waals surface area contributed by atoms with Crippen LogP contribution in [0.25, 0.3) is 101 Å². The van der Waals surface area contributed by atoms with Gasteiger partial charge in [-0.15, -0.1) is 22.7 Å². The molecule has 3 nitrogen and oxygen atoms in total. The van der Waals surface area contributed by atoms with Gasteiger partial charge in [-0.1, -0.05) is 103 Å². The fourth-order valence-electron chi connectivity index (χ4n) is 7.42. The summed E-state index contributed by atoms with van der Waals surface area (Å²) in [6.45, 7) is 0. The van der Waals surface area contributed by atoms with Gasteiger partial charge in [0.25, 0.3) is 0 Å². The molecule has 47 heavy (non-hydrogen) atoms. The Morgan fingerprint density at radius 1 is 0.447 bits per heavy atom. The van der Waals surface area contributed by atoms with Crippen molar-refractivity contribution >= 4 is 106 Å². The first-order chi connectivity index (χ1) is 23.3. The lowest BCUT2D eigenvalue weighted by Gasteiger charge is -2.12. The van der Waals surface area contributed by atoms with Crippen LogP contribution >= 0.6 is 22.7 Å². The Balaban J connectivity index is 1.31. The summed E-state index contributed by atoms with van der Waals surface area (Å²) in [6.07, 6.45) is 0. The van der Waals surface area contributed by atoms with Crippen molar-refractivity contribution in [1.29, 1.82) is 0 Å². The molecule has 0 aliphatic rings. The minimum Gasteiger partial charge on any atom is -0.277 e. The molecule has 0 radical (unpaired) electrons. The predicted molar refractivity (Wildman–Crippen MR) is 203 cm³/mol. The first-order valence-corrected chi connectivity index (χ1v) is 17.4. The summed E-state index contributed by atoms with van der Waals surface area (Å²) >= 11 is 3.62. The molecule has 4 aromatic heterocycles. The summed E-state index contributed by atoms with van der Waals surface area (Å²) in [5, 5.41) is 10.9. The lowest BCUT2D eigenvalue weighted by Crippen LogP contribution is -2.03. The molecule has 0 N–H and O–H groups in total. The largest absolute Gasteiger partial charge is 0.277 e. The summed E-state index contributed by atoms with van der Waals surface area (Å²) < 4.78 is 7.24. The summed E-state index contributed by atoms with van der Waals surface area (Å²) in [7, 11) is 0. The minimum absolute atomic E-state index is 0.693. The highest BCUT2D eigenvalue weighted by atomic mass is 32.1. The van der Waals surface area contributed by atoms with Crippen LogP contribution in [0.2, 0.25) is 0 Å². The van der Waals surface area contributed by atoms with Gasteiger partial charge < -0.3 is 0 Å². The molecular formula is C42H23N3S2. The van der Waals surface area contributed by atoms with Crippen molar-refractivity contribution in [2.45, 2.75) is 0 Å². The molecule has 0 aliphatic heterocycles. The third-order valence-corrected chi connectivity index (χ3v) is 11.9. The average Bonchev–Trinajstić information content (AvgIpc) is 3.79. The molecule has 11 rings (SSSR count). The molecule has 0 saturated heterocycles. The summed E-state index contributed by atoms with van der Waals surface area (Å²) in [5.74, 6) is 0.693. The maximum absolute atomic E-state index is 5.53. The molecular weight excluding hydrogens is 611 g/mol. The standard InChI is InChI=1S/C42H23N3S2/c1-2-11-26-23-34-32(21-25(26)10-1)30-19-17-24-9-3-4-12-28(24)40(30)45(34)42-43-38(41-39(44-42)31-14-6-8-16-36(31)47-41)27-18-20-37-33(22-27)29-13-5-7-15-35(29)46-37/h1-23H. The minimum atomic E-state index is 0.693. The van der Waals surface area contributed by atoms with Crippen LogP contribution in [0.3, 0.4) is 0 Å². The number of nitrogens with zero attached hydrogens (tertiary/aromatic N) is 3. The van der Waals surface area contributed by atoms with Gasteiger partial charge in [0, 0.05) is 52.0 Å². The van der Waals surface area contributed by atoms with E-state index in [0.29, 0.717) is 5.95 Å². The summed E-state index contributed by atoms with van der Waals surface area (Å²) in [5.41, 5.74) is 5.32. The first-order valence-electron chi connectivity index (χ1n) is 15.7. The van der Waals surface area contributed by atoms with Gasteiger partial charge in [0.05, 0.1) is 26.9 Å². The van der Waals surface area contributed by atoms with Crippen LogP contribution in [0.5, 0.6) is 0 Å². The number of hydrogen-bond donors (Lipinski definition) is 0. The number of rotatable bonds is 2. The normalized spacial score (nSPS) is 12.3. The van der Waals surface area contributed by atoms with Crippen LogP contribution in [-0.4, -0.2) is 14.5 Å². The van der Waals surface area contributed by atoms with Gasteiger partial charge in [0.15, 0.2) is 0 Å². The molecule has 218 valence electrons. The molecule has 0 atom stereocenters. The van der Waals surface area contributed by atoms with E-state index in [4.69, 9.17) is 9.97 Å². The summed E-state index contributed by atoms with van der Waals surface area (Å²) in [4.78, 5) is 11.0. The van der Waals surface area contributed by atoms with Crippen LogP contribution < -0.4 is 0 Å². The third kappa shape index (κ3) is 3.61. The number of aromatic nitrogens is 3. The predicted octanol–water partition coefficient (Wildman–Crippen LogP) is 12.3. The smallest absolute Gasteiger partial charge is 0.235 e. The topological polar surface area (TPSA) is 30.7 Å². The molecule has 0 bridgehead atoms. The Hall–Kier alpha value is -5.62. The zero-order valence-corrected chi connectivity index (χ0v) is 26.6. The zero-order chi connectivity index (χ0) is 30.6.